The van der Waals surface area contributed by atoms with Gasteiger partial charge in [-0.15, -0.1) is 0 Å². The molecule has 3 aromatic carbocycles. The number of halogens is 1. The molecule has 0 aliphatic heterocycles. The molecule has 1 aromatic heterocycles. The van der Waals surface area contributed by atoms with Crippen LogP contribution in [0.15, 0.2) is 66.7 Å². The Kier molecular flexibility index (Phi) is 8.49. The highest BCUT2D eigenvalue weighted by molar-refractivity contribution is 6.30. The summed E-state index contributed by atoms with van der Waals surface area (Å²) in [4.78, 5) is 17.1. The molecule has 0 saturated heterocycles. The van der Waals surface area contributed by atoms with Gasteiger partial charge in [0.05, 0.1) is 17.6 Å². The second-order valence-electron chi connectivity index (χ2n) is 9.06. The molecule has 0 bridgehead atoms. The van der Waals surface area contributed by atoms with Crippen LogP contribution in [0.1, 0.15) is 36.7 Å². The normalized spacial score (nSPS) is 11.1. The number of nitrogens with zero attached hydrogens (tertiary/aromatic N) is 2. The van der Waals surface area contributed by atoms with Crippen molar-refractivity contribution in [1.82, 2.24) is 14.9 Å². The minimum absolute atomic E-state index is 0.0550. The Labute approximate surface area is 217 Å². The van der Waals surface area contributed by atoms with Crippen molar-refractivity contribution >= 4 is 28.5 Å². The zero-order valence-corrected chi connectivity index (χ0v) is 21.7. The minimum Gasteiger partial charge on any atom is -0.491 e. The number of hydrogen-bond acceptors (Lipinski definition) is 4. The average molecular weight is 506 g/mol. The predicted octanol–water partition coefficient (Wildman–Crippen LogP) is 5.94. The second-order valence-corrected chi connectivity index (χ2v) is 9.49. The van der Waals surface area contributed by atoms with E-state index >= 15 is 0 Å². The van der Waals surface area contributed by atoms with Gasteiger partial charge in [0.25, 0.3) is 5.91 Å². The van der Waals surface area contributed by atoms with E-state index in [9.17, 15) is 4.79 Å². The summed E-state index contributed by atoms with van der Waals surface area (Å²) >= 11 is 5.88. The van der Waals surface area contributed by atoms with E-state index in [0.29, 0.717) is 42.8 Å². The minimum atomic E-state index is -0.184. The Morgan fingerprint density at radius 2 is 1.83 bits per heavy atom. The number of fused-ring (bicyclic) bond motifs is 1. The summed E-state index contributed by atoms with van der Waals surface area (Å²) in [6.45, 7) is 8.02. The van der Waals surface area contributed by atoms with Crippen molar-refractivity contribution in [3.05, 3.63) is 88.7 Å². The summed E-state index contributed by atoms with van der Waals surface area (Å²) in [5.74, 6) is 2.65. The third-order valence-corrected chi connectivity index (χ3v) is 6.20. The molecule has 1 N–H and O–H groups in total. The highest BCUT2D eigenvalue weighted by Gasteiger charge is 2.13. The number of rotatable bonds is 11. The van der Waals surface area contributed by atoms with E-state index in [-0.39, 0.29) is 12.5 Å². The fourth-order valence-corrected chi connectivity index (χ4v) is 4.23. The number of aryl methyl sites for hydroxylation is 1. The number of para-hydroxylation sites is 2. The fraction of sp³-hybridized carbons (Fsp3) is 0.310. The summed E-state index contributed by atoms with van der Waals surface area (Å²) in [5.41, 5.74) is 4.38. The monoisotopic (exact) mass is 505 g/mol. The van der Waals surface area contributed by atoms with E-state index in [2.05, 4.69) is 54.9 Å². The van der Waals surface area contributed by atoms with Gasteiger partial charge in [-0.1, -0.05) is 49.7 Å². The van der Waals surface area contributed by atoms with Crippen LogP contribution in [0.25, 0.3) is 11.0 Å². The van der Waals surface area contributed by atoms with Crippen LogP contribution in [0.3, 0.4) is 0 Å². The van der Waals surface area contributed by atoms with E-state index in [0.717, 1.165) is 22.6 Å². The van der Waals surface area contributed by atoms with Gasteiger partial charge in [-0.05, 0) is 66.4 Å². The van der Waals surface area contributed by atoms with E-state index < -0.39 is 0 Å². The maximum absolute atomic E-state index is 12.3. The quantitative estimate of drug-likeness (QED) is 0.274. The lowest BCUT2D eigenvalue weighted by Gasteiger charge is -2.16. The van der Waals surface area contributed by atoms with Crippen molar-refractivity contribution in [2.24, 2.45) is 0 Å². The summed E-state index contributed by atoms with van der Waals surface area (Å²) < 4.78 is 13.9. The second kappa shape index (κ2) is 12.0. The number of nitrogens with one attached hydrogen (secondary N) is 1. The van der Waals surface area contributed by atoms with Crippen molar-refractivity contribution < 1.29 is 14.3 Å². The van der Waals surface area contributed by atoms with Crippen LogP contribution in [0.5, 0.6) is 11.5 Å². The molecule has 0 atom stereocenters. The molecule has 4 rings (SSSR count). The molecule has 6 nitrogen and oxygen atoms in total. The van der Waals surface area contributed by atoms with E-state index in [4.69, 9.17) is 26.1 Å². The molecule has 1 amide bonds. The molecule has 0 spiro atoms. The molecule has 7 heteroatoms. The lowest BCUT2D eigenvalue weighted by atomic mass is 10.0. The first-order valence-corrected chi connectivity index (χ1v) is 12.6. The Bertz CT molecular complexity index is 1320. The number of aromatic nitrogens is 2. The Morgan fingerprint density at radius 1 is 1.06 bits per heavy atom. The summed E-state index contributed by atoms with van der Waals surface area (Å²) in [5, 5.41) is 3.54. The van der Waals surface area contributed by atoms with E-state index in [1.807, 2.05) is 18.2 Å². The number of ether oxygens (including phenoxy) is 2. The summed E-state index contributed by atoms with van der Waals surface area (Å²) in [6.07, 6.45) is 0.600. The molecule has 0 fully saturated rings. The van der Waals surface area contributed by atoms with Gasteiger partial charge in [-0.25, -0.2) is 4.98 Å². The van der Waals surface area contributed by atoms with Gasteiger partial charge in [0, 0.05) is 18.0 Å². The lowest BCUT2D eigenvalue weighted by molar-refractivity contribution is -0.123. The van der Waals surface area contributed by atoms with Gasteiger partial charge >= 0.3 is 0 Å². The van der Waals surface area contributed by atoms with E-state index in [1.165, 1.54) is 11.1 Å². The third-order valence-electron chi connectivity index (χ3n) is 5.95. The SMILES string of the molecule is Cc1ccc(C(C)C)c(OCCn2c(CCNC(=O)COc3ccc(Cl)cc3)nc3ccccc32)c1. The van der Waals surface area contributed by atoms with Crippen molar-refractivity contribution in [3.63, 3.8) is 0 Å². The van der Waals surface area contributed by atoms with Crippen molar-refractivity contribution in [2.45, 2.75) is 39.7 Å². The maximum atomic E-state index is 12.3. The fourth-order valence-electron chi connectivity index (χ4n) is 4.10. The molecule has 0 unspecified atom stereocenters. The van der Waals surface area contributed by atoms with Crippen LogP contribution >= 0.6 is 11.6 Å². The summed E-state index contributed by atoms with van der Waals surface area (Å²) in [7, 11) is 0. The first-order valence-electron chi connectivity index (χ1n) is 12.2. The number of amides is 1. The van der Waals surface area contributed by atoms with Gasteiger partial charge in [0.1, 0.15) is 23.9 Å². The Hall–Kier alpha value is -3.51. The highest BCUT2D eigenvalue weighted by Crippen LogP contribution is 2.27. The number of hydrogen-bond donors (Lipinski definition) is 1. The molecule has 0 saturated carbocycles. The smallest absolute Gasteiger partial charge is 0.257 e. The molecule has 4 aromatic rings. The van der Waals surface area contributed by atoms with Crippen LogP contribution in [0.2, 0.25) is 5.02 Å². The number of imidazole rings is 1. The standard InChI is InChI=1S/C29H32ClN3O3/c1-20(2)24-13-8-21(3)18-27(24)35-17-16-33-26-7-5-4-6-25(26)32-28(33)14-15-31-29(34)19-36-23-11-9-22(30)10-12-23/h4-13,18,20H,14-17,19H2,1-3H3,(H,31,34). The predicted molar refractivity (Wildman–Crippen MR) is 144 cm³/mol. The molecule has 36 heavy (non-hydrogen) atoms. The zero-order chi connectivity index (χ0) is 25.5. The number of carbonyl (C=O) groups is 1. The molecule has 0 radical (unpaired) electrons. The molecule has 0 aliphatic carbocycles. The molecule has 188 valence electrons. The van der Waals surface area contributed by atoms with Crippen LogP contribution in [-0.2, 0) is 17.8 Å². The van der Waals surface area contributed by atoms with E-state index in [1.54, 1.807) is 24.3 Å². The van der Waals surface area contributed by atoms with Crippen LogP contribution in [-0.4, -0.2) is 35.2 Å². The van der Waals surface area contributed by atoms with Gasteiger partial charge < -0.3 is 19.4 Å². The topological polar surface area (TPSA) is 65.4 Å². The van der Waals surface area contributed by atoms with Crippen LogP contribution in [0, 0.1) is 6.92 Å². The van der Waals surface area contributed by atoms with Gasteiger partial charge in [0.2, 0.25) is 0 Å². The number of benzene rings is 3. The first-order chi connectivity index (χ1) is 17.4. The van der Waals surface area contributed by atoms with Crippen LogP contribution in [0.4, 0.5) is 0 Å². The van der Waals surface area contributed by atoms with Crippen molar-refractivity contribution in [2.75, 3.05) is 19.8 Å². The molecular formula is C29H32ClN3O3. The van der Waals surface area contributed by atoms with Gasteiger partial charge in [0.15, 0.2) is 6.61 Å². The average Bonchev–Trinajstić information content (AvgIpc) is 3.21. The summed E-state index contributed by atoms with van der Waals surface area (Å²) in [6, 6.07) is 21.4. The molecular weight excluding hydrogens is 474 g/mol. The van der Waals surface area contributed by atoms with Crippen molar-refractivity contribution in [3.8, 4) is 11.5 Å². The molecule has 1 heterocycles. The van der Waals surface area contributed by atoms with Crippen molar-refractivity contribution in [1.29, 1.82) is 0 Å². The highest BCUT2D eigenvalue weighted by atomic mass is 35.5. The largest absolute Gasteiger partial charge is 0.491 e. The first kappa shape index (κ1) is 25.6. The lowest BCUT2D eigenvalue weighted by Crippen LogP contribution is -2.31. The van der Waals surface area contributed by atoms with Gasteiger partial charge in [-0.2, -0.15) is 0 Å². The Morgan fingerprint density at radius 3 is 2.61 bits per heavy atom. The zero-order valence-electron chi connectivity index (χ0n) is 21.0. The molecule has 0 aliphatic rings. The number of carbonyl (C=O) groups excluding carboxylic acids is 1. The van der Waals surface area contributed by atoms with Gasteiger partial charge in [-0.3, -0.25) is 4.79 Å². The Balaban J connectivity index is 1.36. The third kappa shape index (κ3) is 6.58. The van der Waals surface area contributed by atoms with Crippen LogP contribution < -0.4 is 14.8 Å². The maximum Gasteiger partial charge on any atom is 0.257 e.